The van der Waals surface area contributed by atoms with E-state index < -0.39 is 11.4 Å². The highest BCUT2D eigenvalue weighted by atomic mass is 16.4. The minimum atomic E-state index is -0.965. The van der Waals surface area contributed by atoms with Crippen LogP contribution in [0.25, 0.3) is 22.2 Å². The van der Waals surface area contributed by atoms with Gasteiger partial charge in [-0.1, -0.05) is 32.9 Å². The highest BCUT2D eigenvalue weighted by Gasteiger charge is 2.25. The maximum Gasteiger partial charge on any atom is 0.335 e. The number of Topliss-reactive ketones (excluding diaryl/α,β-unsaturated/α-hetero) is 1. The molecule has 0 saturated carbocycles. The van der Waals surface area contributed by atoms with Crippen LogP contribution in [-0.4, -0.2) is 26.8 Å². The molecule has 0 saturated heterocycles. The van der Waals surface area contributed by atoms with Crippen LogP contribution in [0.4, 0.5) is 0 Å². The number of carboxylic acids is 1. The number of ketones is 1. The summed E-state index contributed by atoms with van der Waals surface area (Å²) in [7, 11) is 0. The predicted molar refractivity (Wildman–Crippen MR) is 92.3 cm³/mol. The zero-order valence-electron chi connectivity index (χ0n) is 13.8. The van der Waals surface area contributed by atoms with E-state index in [9.17, 15) is 9.59 Å². The molecule has 0 aliphatic heterocycles. The predicted octanol–water partition coefficient (Wildman–Crippen LogP) is 4.16. The summed E-state index contributed by atoms with van der Waals surface area (Å²) < 4.78 is 0. The number of aromatic amines is 1. The normalized spacial score (nSPS) is 11.6. The van der Waals surface area contributed by atoms with Crippen molar-refractivity contribution in [2.24, 2.45) is 5.41 Å². The first-order chi connectivity index (χ1) is 11.3. The van der Waals surface area contributed by atoms with Gasteiger partial charge in [0.25, 0.3) is 0 Å². The second kappa shape index (κ2) is 5.60. The van der Waals surface area contributed by atoms with Crippen molar-refractivity contribution in [1.29, 1.82) is 0 Å². The number of aromatic carboxylic acids is 1. The summed E-state index contributed by atoms with van der Waals surface area (Å²) in [5, 5.41) is 9.84. The van der Waals surface area contributed by atoms with E-state index in [4.69, 9.17) is 5.11 Å². The van der Waals surface area contributed by atoms with Gasteiger partial charge in [0.15, 0.2) is 5.78 Å². The van der Waals surface area contributed by atoms with Crippen molar-refractivity contribution in [3.63, 3.8) is 0 Å². The van der Waals surface area contributed by atoms with Gasteiger partial charge in [-0.15, -0.1) is 0 Å². The van der Waals surface area contributed by atoms with Crippen LogP contribution in [0.15, 0.2) is 42.6 Å². The number of rotatable bonds is 3. The molecule has 0 radical (unpaired) electrons. The van der Waals surface area contributed by atoms with Crippen LogP contribution < -0.4 is 0 Å². The van der Waals surface area contributed by atoms with Gasteiger partial charge in [0.2, 0.25) is 0 Å². The molecule has 1 aromatic carbocycles. The van der Waals surface area contributed by atoms with Gasteiger partial charge in [0.1, 0.15) is 0 Å². The number of nitrogens with zero attached hydrogens (tertiary/aromatic N) is 1. The molecule has 122 valence electrons. The van der Waals surface area contributed by atoms with Gasteiger partial charge in [-0.25, -0.2) is 4.79 Å². The Bertz CT molecular complexity index is 931. The highest BCUT2D eigenvalue weighted by molar-refractivity contribution is 6.04. The van der Waals surface area contributed by atoms with Crippen LogP contribution in [0.2, 0.25) is 0 Å². The van der Waals surface area contributed by atoms with Crippen LogP contribution in [0.1, 0.15) is 41.6 Å². The smallest absolute Gasteiger partial charge is 0.335 e. The number of pyridine rings is 1. The first-order valence-electron chi connectivity index (χ1n) is 7.63. The Labute approximate surface area is 139 Å². The molecule has 24 heavy (non-hydrogen) atoms. The van der Waals surface area contributed by atoms with Crippen molar-refractivity contribution in [2.75, 3.05) is 0 Å². The molecule has 0 amide bonds. The number of hydrogen-bond acceptors (Lipinski definition) is 3. The second-order valence-corrected chi connectivity index (χ2v) is 6.77. The lowest BCUT2D eigenvalue weighted by Crippen LogP contribution is -2.20. The van der Waals surface area contributed by atoms with Crippen LogP contribution in [-0.2, 0) is 0 Å². The third-order valence-electron chi connectivity index (χ3n) is 3.88. The Hall–Kier alpha value is -2.95. The summed E-state index contributed by atoms with van der Waals surface area (Å²) in [5.74, 6) is -0.932. The summed E-state index contributed by atoms with van der Waals surface area (Å²) in [6.07, 6.45) is 1.67. The molecule has 0 atom stereocenters. The van der Waals surface area contributed by atoms with Gasteiger partial charge in [-0.3, -0.25) is 9.78 Å². The van der Waals surface area contributed by atoms with E-state index in [0.29, 0.717) is 11.4 Å². The lowest BCUT2D eigenvalue weighted by atomic mass is 9.89. The summed E-state index contributed by atoms with van der Waals surface area (Å²) >= 11 is 0. The lowest BCUT2D eigenvalue weighted by Gasteiger charge is -2.14. The Kier molecular flexibility index (Phi) is 3.72. The highest BCUT2D eigenvalue weighted by Crippen LogP contribution is 2.29. The van der Waals surface area contributed by atoms with E-state index in [0.717, 1.165) is 16.5 Å². The van der Waals surface area contributed by atoms with Crippen molar-refractivity contribution in [3.05, 3.63) is 53.9 Å². The molecule has 0 aliphatic carbocycles. The Morgan fingerprint density at radius 2 is 1.75 bits per heavy atom. The number of H-pyrrole nitrogens is 1. The molecule has 3 rings (SSSR count). The van der Waals surface area contributed by atoms with Gasteiger partial charge in [-0.2, -0.15) is 0 Å². The van der Waals surface area contributed by atoms with Gasteiger partial charge in [0, 0.05) is 28.1 Å². The maximum absolute atomic E-state index is 12.5. The first-order valence-corrected chi connectivity index (χ1v) is 7.63. The number of carbonyl (C=O) groups excluding carboxylic acids is 1. The standard InChI is InChI=1S/C19H18N2O3/c1-19(2,3)17(22)15-10-13-14(21-15)8-9-20-16(13)11-4-6-12(7-5-11)18(23)24/h4-10,21H,1-3H3,(H,23,24). The average Bonchev–Trinajstić information content (AvgIpc) is 2.97. The summed E-state index contributed by atoms with van der Waals surface area (Å²) in [6, 6.07) is 10.2. The molecular weight excluding hydrogens is 304 g/mol. The monoisotopic (exact) mass is 322 g/mol. The van der Waals surface area contributed by atoms with Crippen LogP contribution in [0.3, 0.4) is 0 Å². The van der Waals surface area contributed by atoms with Crippen LogP contribution in [0.5, 0.6) is 0 Å². The van der Waals surface area contributed by atoms with Gasteiger partial charge >= 0.3 is 5.97 Å². The van der Waals surface area contributed by atoms with Gasteiger partial charge < -0.3 is 10.1 Å². The van der Waals surface area contributed by atoms with Crippen molar-refractivity contribution < 1.29 is 14.7 Å². The fourth-order valence-corrected chi connectivity index (χ4v) is 2.58. The fraction of sp³-hybridized carbons (Fsp3) is 0.211. The second-order valence-electron chi connectivity index (χ2n) is 6.77. The first kappa shape index (κ1) is 15.9. The minimum Gasteiger partial charge on any atom is -0.478 e. The molecule has 2 N–H and O–H groups in total. The van der Waals surface area contributed by atoms with E-state index in [1.165, 1.54) is 0 Å². The Balaban J connectivity index is 2.10. The molecule has 2 aromatic heterocycles. The van der Waals surface area contributed by atoms with Crippen LogP contribution >= 0.6 is 0 Å². The molecule has 5 heteroatoms. The van der Waals surface area contributed by atoms with Crippen LogP contribution in [0, 0.1) is 5.41 Å². The third-order valence-corrected chi connectivity index (χ3v) is 3.88. The molecule has 0 fully saturated rings. The number of carboxylic acid groups (broad SMARTS) is 1. The third kappa shape index (κ3) is 2.80. The molecule has 2 heterocycles. The van der Waals surface area contributed by atoms with E-state index in [-0.39, 0.29) is 11.3 Å². The Morgan fingerprint density at radius 3 is 2.33 bits per heavy atom. The fourth-order valence-electron chi connectivity index (χ4n) is 2.58. The molecular formula is C19H18N2O3. The van der Waals surface area contributed by atoms with E-state index in [2.05, 4.69) is 9.97 Å². The van der Waals surface area contributed by atoms with Crippen molar-refractivity contribution in [3.8, 4) is 11.3 Å². The summed E-state index contributed by atoms with van der Waals surface area (Å²) in [4.78, 5) is 31.0. The zero-order valence-corrected chi connectivity index (χ0v) is 13.8. The number of fused-ring (bicyclic) bond motifs is 1. The number of carbonyl (C=O) groups is 2. The summed E-state index contributed by atoms with van der Waals surface area (Å²) in [6.45, 7) is 5.64. The molecule has 3 aromatic rings. The van der Waals surface area contributed by atoms with Crippen molar-refractivity contribution in [1.82, 2.24) is 9.97 Å². The number of benzene rings is 1. The minimum absolute atomic E-state index is 0.0332. The molecule has 0 aliphatic rings. The molecule has 0 bridgehead atoms. The van der Waals surface area contributed by atoms with Crippen molar-refractivity contribution in [2.45, 2.75) is 20.8 Å². The molecule has 0 spiro atoms. The largest absolute Gasteiger partial charge is 0.478 e. The van der Waals surface area contributed by atoms with Gasteiger partial charge in [-0.05, 0) is 24.3 Å². The summed E-state index contributed by atoms with van der Waals surface area (Å²) in [5.41, 5.74) is 2.65. The number of aromatic nitrogens is 2. The van der Waals surface area contributed by atoms with E-state index in [1.807, 2.05) is 32.9 Å². The quantitative estimate of drug-likeness (QED) is 0.709. The number of hydrogen-bond donors (Lipinski definition) is 2. The van der Waals surface area contributed by atoms with Crippen molar-refractivity contribution >= 4 is 22.7 Å². The maximum atomic E-state index is 12.5. The molecule has 0 unspecified atom stereocenters. The Morgan fingerprint density at radius 1 is 1.08 bits per heavy atom. The topological polar surface area (TPSA) is 83.1 Å². The lowest BCUT2D eigenvalue weighted by molar-refractivity contribution is 0.0696. The number of nitrogens with one attached hydrogen (secondary N) is 1. The van der Waals surface area contributed by atoms with E-state index in [1.54, 1.807) is 30.5 Å². The molecule has 5 nitrogen and oxygen atoms in total. The van der Waals surface area contributed by atoms with E-state index >= 15 is 0 Å². The zero-order chi connectivity index (χ0) is 17.5. The van der Waals surface area contributed by atoms with Gasteiger partial charge in [0.05, 0.1) is 17.0 Å². The SMILES string of the molecule is CC(C)(C)C(=O)c1cc2c(-c3ccc(C(=O)O)cc3)nccc2[nH]1. The average molecular weight is 322 g/mol.